The summed E-state index contributed by atoms with van der Waals surface area (Å²) < 4.78 is 27.1. The highest BCUT2D eigenvalue weighted by Crippen LogP contribution is 2.28. The van der Waals surface area contributed by atoms with Crippen LogP contribution in [-0.2, 0) is 0 Å². The van der Waals surface area contributed by atoms with E-state index in [2.05, 4.69) is 9.97 Å². The Bertz CT molecular complexity index is 637. The summed E-state index contributed by atoms with van der Waals surface area (Å²) in [5.41, 5.74) is -0.806. The molecule has 3 nitrogen and oxygen atoms in total. The van der Waals surface area contributed by atoms with Gasteiger partial charge in [0.1, 0.15) is 16.7 Å². The van der Waals surface area contributed by atoms with Crippen molar-refractivity contribution < 1.29 is 8.78 Å². The lowest BCUT2D eigenvalue weighted by Crippen LogP contribution is -1.96. The molecule has 1 aromatic heterocycles. The van der Waals surface area contributed by atoms with Crippen molar-refractivity contribution in [2.24, 2.45) is 0 Å². The van der Waals surface area contributed by atoms with Crippen molar-refractivity contribution in [2.75, 3.05) is 0 Å². The van der Waals surface area contributed by atoms with Crippen LogP contribution in [0.15, 0.2) is 6.07 Å². The third-order valence-electron chi connectivity index (χ3n) is 1.91. The zero-order valence-corrected chi connectivity index (χ0v) is 8.94. The summed E-state index contributed by atoms with van der Waals surface area (Å²) in [6, 6.07) is 2.24. The van der Waals surface area contributed by atoms with Gasteiger partial charge in [-0.05, 0) is 17.7 Å². The van der Waals surface area contributed by atoms with E-state index in [-0.39, 0.29) is 21.3 Å². The lowest BCUT2D eigenvalue weighted by Gasteiger charge is -2.04. The Hall–Kier alpha value is -1.51. The maximum Gasteiger partial charge on any atom is 0.224 e. The van der Waals surface area contributed by atoms with Crippen LogP contribution in [0.1, 0.15) is 5.56 Å². The molecule has 0 fully saturated rings. The molecule has 0 unspecified atom stereocenters. The molecular formula is C9HCl2F2N3. The monoisotopic (exact) mass is 259 g/mol. The molecule has 0 saturated carbocycles. The fourth-order valence-corrected chi connectivity index (χ4v) is 1.71. The van der Waals surface area contributed by atoms with Gasteiger partial charge in [-0.25, -0.2) is 18.7 Å². The summed E-state index contributed by atoms with van der Waals surface area (Å²) >= 11 is 11.1. The average molecular weight is 260 g/mol. The molecule has 0 amide bonds. The van der Waals surface area contributed by atoms with Gasteiger partial charge in [-0.1, -0.05) is 11.6 Å². The third kappa shape index (κ3) is 1.56. The summed E-state index contributed by atoms with van der Waals surface area (Å²) in [6.07, 6.45) is 0. The number of halogens is 4. The van der Waals surface area contributed by atoms with Crippen molar-refractivity contribution in [3.8, 4) is 6.07 Å². The van der Waals surface area contributed by atoms with Gasteiger partial charge in [0.2, 0.25) is 5.28 Å². The van der Waals surface area contributed by atoms with E-state index in [1.807, 2.05) is 0 Å². The molecular weight excluding hydrogens is 259 g/mol. The molecule has 0 bridgehead atoms. The van der Waals surface area contributed by atoms with Gasteiger partial charge in [-0.2, -0.15) is 5.26 Å². The highest BCUT2D eigenvalue weighted by Gasteiger charge is 2.17. The molecule has 1 aromatic carbocycles. The van der Waals surface area contributed by atoms with Gasteiger partial charge >= 0.3 is 0 Å². The Morgan fingerprint density at radius 3 is 2.56 bits per heavy atom. The Kier molecular flexibility index (Phi) is 2.62. The Morgan fingerprint density at radius 2 is 1.94 bits per heavy atom. The zero-order valence-electron chi connectivity index (χ0n) is 7.43. The highest BCUT2D eigenvalue weighted by atomic mass is 35.5. The predicted molar refractivity (Wildman–Crippen MR) is 54.2 cm³/mol. The minimum absolute atomic E-state index is 0.291. The minimum atomic E-state index is -0.958. The Morgan fingerprint density at radius 1 is 1.25 bits per heavy atom. The molecule has 0 aliphatic carbocycles. The van der Waals surface area contributed by atoms with Crippen LogP contribution >= 0.6 is 23.2 Å². The van der Waals surface area contributed by atoms with E-state index >= 15 is 0 Å². The van der Waals surface area contributed by atoms with Gasteiger partial charge < -0.3 is 0 Å². The lowest BCUT2D eigenvalue weighted by atomic mass is 10.1. The molecule has 0 radical (unpaired) electrons. The Balaban J connectivity index is 3.03. The largest absolute Gasteiger partial charge is 0.224 e. The summed E-state index contributed by atoms with van der Waals surface area (Å²) in [4.78, 5) is 7.00. The van der Waals surface area contributed by atoms with Crippen LogP contribution in [0.25, 0.3) is 10.9 Å². The van der Waals surface area contributed by atoms with Crippen molar-refractivity contribution in [3.63, 3.8) is 0 Å². The molecule has 0 aliphatic rings. The van der Waals surface area contributed by atoms with Crippen molar-refractivity contribution in [2.45, 2.75) is 0 Å². The van der Waals surface area contributed by atoms with Crippen molar-refractivity contribution in [1.29, 1.82) is 5.26 Å². The van der Waals surface area contributed by atoms with Gasteiger partial charge in [0, 0.05) is 0 Å². The molecule has 0 N–H and O–H groups in total. The first-order chi connectivity index (χ1) is 7.54. The van der Waals surface area contributed by atoms with E-state index in [1.165, 1.54) is 6.07 Å². The Labute approximate surface area is 98.2 Å². The summed E-state index contributed by atoms with van der Waals surface area (Å²) in [5, 5.41) is 7.62. The summed E-state index contributed by atoms with van der Waals surface area (Å²) in [5.74, 6) is -1.83. The molecule has 0 atom stereocenters. The van der Waals surface area contributed by atoms with Gasteiger partial charge in [0.05, 0.1) is 10.9 Å². The second-order valence-electron chi connectivity index (χ2n) is 2.84. The van der Waals surface area contributed by atoms with Crippen LogP contribution in [0, 0.1) is 23.0 Å². The number of fused-ring (bicyclic) bond motifs is 1. The zero-order chi connectivity index (χ0) is 11.9. The number of nitrogens with zero attached hydrogens (tertiary/aromatic N) is 3. The molecule has 80 valence electrons. The highest BCUT2D eigenvalue weighted by molar-refractivity contribution is 6.35. The average Bonchev–Trinajstić information content (AvgIpc) is 2.22. The number of hydrogen-bond donors (Lipinski definition) is 0. The van der Waals surface area contributed by atoms with Crippen molar-refractivity contribution in [3.05, 3.63) is 33.7 Å². The molecule has 2 rings (SSSR count). The van der Waals surface area contributed by atoms with E-state index in [0.717, 1.165) is 6.07 Å². The van der Waals surface area contributed by atoms with E-state index in [9.17, 15) is 8.78 Å². The first-order valence-corrected chi connectivity index (χ1v) is 4.71. The van der Waals surface area contributed by atoms with Gasteiger partial charge in [-0.3, -0.25) is 0 Å². The topological polar surface area (TPSA) is 49.6 Å². The van der Waals surface area contributed by atoms with E-state index in [1.54, 1.807) is 0 Å². The maximum absolute atomic E-state index is 13.6. The number of nitriles is 1. The first-order valence-electron chi connectivity index (χ1n) is 3.95. The van der Waals surface area contributed by atoms with Crippen LogP contribution in [0.4, 0.5) is 8.78 Å². The number of hydrogen-bond acceptors (Lipinski definition) is 3. The maximum atomic E-state index is 13.6. The normalized spacial score (nSPS) is 10.4. The molecule has 2 aromatic rings. The second-order valence-corrected chi connectivity index (χ2v) is 3.53. The third-order valence-corrected chi connectivity index (χ3v) is 2.35. The molecule has 0 aliphatic heterocycles. The summed E-state index contributed by atoms with van der Waals surface area (Å²) in [6.45, 7) is 0. The van der Waals surface area contributed by atoms with Crippen LogP contribution in [0.2, 0.25) is 10.4 Å². The van der Waals surface area contributed by atoms with Crippen LogP contribution < -0.4 is 0 Å². The van der Waals surface area contributed by atoms with Crippen molar-refractivity contribution in [1.82, 2.24) is 9.97 Å². The van der Waals surface area contributed by atoms with Gasteiger partial charge in [0.25, 0.3) is 0 Å². The summed E-state index contributed by atoms with van der Waals surface area (Å²) in [7, 11) is 0. The van der Waals surface area contributed by atoms with Gasteiger partial charge in [0.15, 0.2) is 11.6 Å². The van der Waals surface area contributed by atoms with Crippen molar-refractivity contribution >= 4 is 34.1 Å². The number of benzene rings is 1. The smallest absolute Gasteiger partial charge is 0.215 e. The van der Waals surface area contributed by atoms with Crippen LogP contribution in [0.5, 0.6) is 0 Å². The second kappa shape index (κ2) is 3.81. The van der Waals surface area contributed by atoms with E-state index in [0.29, 0.717) is 0 Å². The van der Waals surface area contributed by atoms with Crippen LogP contribution in [-0.4, -0.2) is 9.97 Å². The van der Waals surface area contributed by atoms with E-state index in [4.69, 9.17) is 28.5 Å². The van der Waals surface area contributed by atoms with Crippen LogP contribution in [0.3, 0.4) is 0 Å². The molecule has 0 spiro atoms. The fourth-order valence-electron chi connectivity index (χ4n) is 1.25. The number of aromatic nitrogens is 2. The number of rotatable bonds is 0. The SMILES string of the molecule is N#Cc1cc(F)c2nc(Cl)nc(Cl)c2c1F. The molecule has 0 saturated heterocycles. The standard InChI is InChI=1S/C9HCl2F2N3/c10-8-5-6(13)3(2-14)1-4(12)7(5)15-9(11)16-8/h1H. The fraction of sp³-hybridized carbons (Fsp3) is 0. The molecule has 1 heterocycles. The first kappa shape index (κ1) is 11.0. The molecule has 7 heteroatoms. The predicted octanol–water partition coefficient (Wildman–Crippen LogP) is 3.09. The van der Waals surface area contributed by atoms with E-state index < -0.39 is 17.2 Å². The lowest BCUT2D eigenvalue weighted by molar-refractivity contribution is 0.611. The quantitative estimate of drug-likeness (QED) is 0.540. The molecule has 16 heavy (non-hydrogen) atoms. The van der Waals surface area contributed by atoms with Gasteiger partial charge in [-0.15, -0.1) is 0 Å². The minimum Gasteiger partial charge on any atom is -0.215 e.